The second kappa shape index (κ2) is 6.03. The van der Waals surface area contributed by atoms with Crippen LogP contribution in [0.1, 0.15) is 29.2 Å². The molecule has 1 aliphatic heterocycles. The van der Waals surface area contributed by atoms with Crippen molar-refractivity contribution in [1.29, 1.82) is 0 Å². The van der Waals surface area contributed by atoms with Crippen molar-refractivity contribution in [2.24, 2.45) is 0 Å². The highest BCUT2D eigenvalue weighted by Crippen LogP contribution is 2.25. The number of fused-ring (bicyclic) bond motifs is 1. The minimum absolute atomic E-state index is 0.151. The summed E-state index contributed by atoms with van der Waals surface area (Å²) in [5, 5.41) is 0.647. The molecule has 1 amide bonds. The van der Waals surface area contributed by atoms with Crippen LogP contribution in [0.15, 0.2) is 49.2 Å². The van der Waals surface area contributed by atoms with Crippen molar-refractivity contribution in [1.82, 2.24) is 19.4 Å². The Balaban J connectivity index is 1.57. The summed E-state index contributed by atoms with van der Waals surface area (Å²) >= 11 is 0. The average Bonchev–Trinajstić information content (AvgIpc) is 3.15. The summed E-state index contributed by atoms with van der Waals surface area (Å²) < 4.78 is 15.9. The molecule has 3 aromatic rings. The summed E-state index contributed by atoms with van der Waals surface area (Å²) in [6.07, 6.45) is 8.88. The molecule has 0 aliphatic carbocycles. The number of aromatic nitrogens is 3. The van der Waals surface area contributed by atoms with Crippen molar-refractivity contribution in [3.63, 3.8) is 0 Å². The smallest absolute Gasteiger partial charge is 0.256 e. The number of pyridine rings is 1. The normalized spacial score (nSPS) is 15.8. The molecule has 4 rings (SSSR count). The number of amides is 1. The number of piperidine rings is 1. The van der Waals surface area contributed by atoms with Crippen LogP contribution in [0.25, 0.3) is 10.9 Å². The second-order valence-corrected chi connectivity index (χ2v) is 6.06. The van der Waals surface area contributed by atoms with E-state index in [0.29, 0.717) is 35.6 Å². The van der Waals surface area contributed by atoms with Crippen LogP contribution in [0.3, 0.4) is 0 Å². The van der Waals surface area contributed by atoms with Gasteiger partial charge >= 0.3 is 0 Å². The highest BCUT2D eigenvalue weighted by atomic mass is 19.1. The Morgan fingerprint density at radius 3 is 2.79 bits per heavy atom. The zero-order chi connectivity index (χ0) is 16.5. The van der Waals surface area contributed by atoms with E-state index in [1.54, 1.807) is 29.4 Å². The first-order valence-electron chi connectivity index (χ1n) is 8.03. The van der Waals surface area contributed by atoms with Gasteiger partial charge in [-0.3, -0.25) is 9.78 Å². The van der Waals surface area contributed by atoms with Gasteiger partial charge in [-0.05, 0) is 31.0 Å². The van der Waals surface area contributed by atoms with Gasteiger partial charge in [-0.15, -0.1) is 0 Å². The molecule has 2 aromatic heterocycles. The van der Waals surface area contributed by atoms with Gasteiger partial charge in [-0.25, -0.2) is 9.37 Å². The third-order valence-corrected chi connectivity index (χ3v) is 4.60. The molecule has 0 atom stereocenters. The third kappa shape index (κ3) is 2.64. The van der Waals surface area contributed by atoms with Crippen LogP contribution in [-0.2, 0) is 0 Å². The molecule has 0 saturated carbocycles. The Bertz CT molecular complexity index is 870. The van der Waals surface area contributed by atoms with Crippen molar-refractivity contribution in [3.05, 3.63) is 60.6 Å². The van der Waals surface area contributed by atoms with Crippen LogP contribution >= 0.6 is 0 Å². The molecule has 0 N–H and O–H groups in total. The van der Waals surface area contributed by atoms with E-state index in [-0.39, 0.29) is 5.91 Å². The van der Waals surface area contributed by atoms with Crippen LogP contribution in [0.5, 0.6) is 0 Å². The highest BCUT2D eigenvalue weighted by molar-refractivity contribution is 6.05. The molecule has 0 spiro atoms. The zero-order valence-corrected chi connectivity index (χ0v) is 13.1. The topological polar surface area (TPSA) is 51.0 Å². The van der Waals surface area contributed by atoms with Gasteiger partial charge in [0.05, 0.1) is 17.4 Å². The molecule has 1 aliphatic rings. The lowest BCUT2D eigenvalue weighted by Crippen LogP contribution is -2.39. The van der Waals surface area contributed by atoms with E-state index >= 15 is 0 Å². The predicted molar refractivity (Wildman–Crippen MR) is 88.1 cm³/mol. The van der Waals surface area contributed by atoms with Crippen molar-refractivity contribution in [2.45, 2.75) is 18.9 Å². The molecule has 1 saturated heterocycles. The fourth-order valence-electron chi connectivity index (χ4n) is 3.34. The molecule has 6 heteroatoms. The molecule has 5 nitrogen and oxygen atoms in total. The van der Waals surface area contributed by atoms with E-state index in [1.165, 1.54) is 12.1 Å². The number of halogens is 1. The van der Waals surface area contributed by atoms with Crippen LogP contribution in [0, 0.1) is 5.82 Å². The molecule has 3 heterocycles. The Morgan fingerprint density at radius 2 is 2.04 bits per heavy atom. The monoisotopic (exact) mass is 324 g/mol. The van der Waals surface area contributed by atoms with Gasteiger partial charge in [0.1, 0.15) is 5.82 Å². The number of likely N-dealkylation sites (tertiary alicyclic amines) is 1. The fourth-order valence-corrected chi connectivity index (χ4v) is 3.34. The van der Waals surface area contributed by atoms with E-state index in [0.717, 1.165) is 12.8 Å². The number of benzene rings is 1. The zero-order valence-electron chi connectivity index (χ0n) is 13.1. The van der Waals surface area contributed by atoms with Crippen molar-refractivity contribution >= 4 is 16.8 Å². The molecule has 0 radical (unpaired) electrons. The fraction of sp³-hybridized carbons (Fsp3) is 0.278. The Morgan fingerprint density at radius 1 is 1.21 bits per heavy atom. The summed E-state index contributed by atoms with van der Waals surface area (Å²) in [7, 11) is 0. The largest absolute Gasteiger partial charge is 0.338 e. The minimum atomic E-state index is -0.410. The quantitative estimate of drug-likeness (QED) is 0.728. The first-order valence-corrected chi connectivity index (χ1v) is 8.03. The van der Waals surface area contributed by atoms with Crippen molar-refractivity contribution in [3.8, 4) is 0 Å². The lowest BCUT2D eigenvalue weighted by atomic mass is 10.0. The van der Waals surface area contributed by atoms with Crippen molar-refractivity contribution in [2.75, 3.05) is 13.1 Å². The number of carbonyl (C=O) groups is 1. The summed E-state index contributed by atoms with van der Waals surface area (Å²) in [6.45, 7) is 1.29. The first-order chi connectivity index (χ1) is 11.7. The molecule has 24 heavy (non-hydrogen) atoms. The van der Waals surface area contributed by atoms with Gasteiger partial charge in [0, 0.05) is 43.1 Å². The van der Waals surface area contributed by atoms with Crippen LogP contribution in [0.2, 0.25) is 0 Å². The van der Waals surface area contributed by atoms with Gasteiger partial charge in [-0.2, -0.15) is 0 Å². The lowest BCUT2D eigenvalue weighted by molar-refractivity contribution is 0.0696. The Kier molecular flexibility index (Phi) is 3.72. The van der Waals surface area contributed by atoms with Crippen LogP contribution in [0.4, 0.5) is 4.39 Å². The molecule has 122 valence electrons. The third-order valence-electron chi connectivity index (χ3n) is 4.60. The van der Waals surface area contributed by atoms with Crippen LogP contribution < -0.4 is 0 Å². The highest BCUT2D eigenvalue weighted by Gasteiger charge is 2.26. The van der Waals surface area contributed by atoms with Gasteiger partial charge in [0.15, 0.2) is 0 Å². The van der Waals surface area contributed by atoms with Gasteiger partial charge in [-0.1, -0.05) is 6.07 Å². The maximum atomic E-state index is 13.9. The summed E-state index contributed by atoms with van der Waals surface area (Å²) in [6, 6.07) is 6.57. The second-order valence-electron chi connectivity index (χ2n) is 6.06. The van der Waals surface area contributed by atoms with Gasteiger partial charge < -0.3 is 9.47 Å². The van der Waals surface area contributed by atoms with Gasteiger partial charge in [0.25, 0.3) is 5.91 Å². The Hall–Kier alpha value is -2.76. The van der Waals surface area contributed by atoms with Crippen LogP contribution in [-0.4, -0.2) is 38.4 Å². The van der Waals surface area contributed by atoms with E-state index in [4.69, 9.17) is 0 Å². The standard InChI is InChI=1S/C18H17FN4O/c19-14-10-13-2-1-5-21-17(13)16(11-14)18(24)22-7-3-15(4-8-22)23-9-6-20-12-23/h1-2,5-6,9-12,15H,3-4,7-8H2. The molecular formula is C18H17FN4O. The summed E-state index contributed by atoms with van der Waals surface area (Å²) in [5.41, 5.74) is 0.896. The van der Waals surface area contributed by atoms with E-state index in [2.05, 4.69) is 14.5 Å². The van der Waals surface area contributed by atoms with E-state index in [9.17, 15) is 9.18 Å². The maximum absolute atomic E-state index is 13.9. The number of hydrogen-bond donors (Lipinski definition) is 0. The molecule has 1 aromatic carbocycles. The summed E-state index contributed by atoms with van der Waals surface area (Å²) in [5.74, 6) is -0.561. The molecule has 0 unspecified atom stereocenters. The van der Waals surface area contributed by atoms with Gasteiger partial charge in [0.2, 0.25) is 0 Å². The molecule has 1 fully saturated rings. The number of carbonyl (C=O) groups excluding carboxylic acids is 1. The molecule has 0 bridgehead atoms. The van der Waals surface area contributed by atoms with E-state index < -0.39 is 5.82 Å². The van der Waals surface area contributed by atoms with Crippen molar-refractivity contribution < 1.29 is 9.18 Å². The molecular weight excluding hydrogens is 307 g/mol. The number of nitrogens with zero attached hydrogens (tertiary/aromatic N) is 4. The minimum Gasteiger partial charge on any atom is -0.338 e. The maximum Gasteiger partial charge on any atom is 0.256 e. The first kappa shape index (κ1) is 14.8. The van der Waals surface area contributed by atoms with E-state index in [1.807, 2.05) is 12.5 Å². The SMILES string of the molecule is O=C(c1cc(F)cc2cccnc12)N1CCC(n2ccnc2)CC1. The average molecular weight is 324 g/mol. The summed E-state index contributed by atoms with van der Waals surface area (Å²) in [4.78, 5) is 23.0. The predicted octanol–water partition coefficient (Wildman–Crippen LogP) is 3.05. The number of rotatable bonds is 2. The number of hydrogen-bond acceptors (Lipinski definition) is 3. The Labute approximate surface area is 138 Å². The number of imidazole rings is 1. The lowest BCUT2D eigenvalue weighted by Gasteiger charge is -2.32.